The number of hydrogen-bond acceptors (Lipinski definition) is 5. The highest BCUT2D eigenvalue weighted by Gasteiger charge is 2.71. The Morgan fingerprint density at radius 2 is 1.77 bits per heavy atom. The number of rotatable bonds is 4. The van der Waals surface area contributed by atoms with Crippen molar-refractivity contribution in [1.82, 2.24) is 4.90 Å². The van der Waals surface area contributed by atoms with Gasteiger partial charge in [-0.2, -0.15) is 18.4 Å². The Hall–Kier alpha value is -1.96. The van der Waals surface area contributed by atoms with Gasteiger partial charge in [0.15, 0.2) is 0 Å². The van der Waals surface area contributed by atoms with Gasteiger partial charge in [0.1, 0.15) is 0 Å². The molecule has 4 atom stereocenters. The van der Waals surface area contributed by atoms with Gasteiger partial charge in [-0.1, -0.05) is 15.9 Å². The molecule has 4 rings (SSSR count). The number of anilines is 1. The van der Waals surface area contributed by atoms with Gasteiger partial charge in [-0.3, -0.25) is 14.5 Å². The Bertz CT molecular complexity index is 958. The van der Waals surface area contributed by atoms with Crippen molar-refractivity contribution in [2.24, 2.45) is 11.8 Å². The molecular formula is C21H21BrF3N3O3. The van der Waals surface area contributed by atoms with Crippen LogP contribution in [0.15, 0.2) is 18.2 Å². The van der Waals surface area contributed by atoms with Crippen LogP contribution in [0.25, 0.3) is 0 Å². The van der Waals surface area contributed by atoms with Crippen LogP contribution in [0.2, 0.25) is 0 Å². The molecule has 6 nitrogen and oxygen atoms in total. The van der Waals surface area contributed by atoms with Crippen molar-refractivity contribution in [1.29, 1.82) is 5.26 Å². The topological polar surface area (TPSA) is 73.6 Å². The summed E-state index contributed by atoms with van der Waals surface area (Å²) in [5, 5.41) is 9.84. The molecule has 2 bridgehead atoms. The summed E-state index contributed by atoms with van der Waals surface area (Å²) < 4.78 is 46.5. The second-order valence-electron chi connectivity index (χ2n) is 8.79. The second kappa shape index (κ2) is 7.29. The van der Waals surface area contributed by atoms with E-state index in [9.17, 15) is 22.8 Å². The lowest BCUT2D eigenvalue weighted by atomic mass is 9.79. The van der Waals surface area contributed by atoms with Gasteiger partial charge in [-0.05, 0) is 45.0 Å². The number of nitrogens with zero attached hydrogens (tertiary/aromatic N) is 3. The largest absolute Gasteiger partial charge is 0.417 e. The average Bonchev–Trinajstić information content (AvgIpc) is 3.05. The van der Waals surface area contributed by atoms with E-state index in [2.05, 4.69) is 20.8 Å². The van der Waals surface area contributed by atoms with E-state index in [1.165, 1.54) is 12.1 Å². The van der Waals surface area contributed by atoms with Crippen LogP contribution in [0, 0.1) is 23.2 Å². The third kappa shape index (κ3) is 3.38. The Kier molecular flexibility index (Phi) is 5.23. The summed E-state index contributed by atoms with van der Waals surface area (Å²) in [7, 11) is 0. The summed E-state index contributed by atoms with van der Waals surface area (Å²) in [5.41, 5.74) is -3.72. The highest BCUT2D eigenvalue weighted by Crippen LogP contribution is 2.55. The van der Waals surface area contributed by atoms with Crippen LogP contribution in [-0.4, -0.2) is 52.9 Å². The fourth-order valence-corrected chi connectivity index (χ4v) is 5.71. The standard InChI is InChI=1S/C21H21BrF3N3O3/c1-19-10-27(7-3-6-22)11-20(2,31-19)16-15(19)17(29)28(18(16)30)13-5-4-12(9-26)14(8-13)21(23,24)25/h4-5,8,15-16H,3,6-7,10-11H2,1-2H3/t15-,16?,19+,20+/m0/s1. The van der Waals surface area contributed by atoms with Gasteiger partial charge >= 0.3 is 6.18 Å². The molecule has 0 N–H and O–H groups in total. The van der Waals surface area contributed by atoms with E-state index in [4.69, 9.17) is 10.00 Å². The van der Waals surface area contributed by atoms with Gasteiger partial charge in [0.25, 0.3) is 0 Å². The number of carbonyl (C=O) groups is 2. The van der Waals surface area contributed by atoms with E-state index in [1.807, 2.05) is 0 Å². The molecule has 31 heavy (non-hydrogen) atoms. The second-order valence-corrected chi connectivity index (χ2v) is 9.58. The first kappa shape index (κ1) is 22.2. The highest BCUT2D eigenvalue weighted by molar-refractivity contribution is 9.09. The number of carbonyl (C=O) groups excluding carboxylic acids is 2. The fraction of sp³-hybridized carbons (Fsp3) is 0.571. The predicted octanol–water partition coefficient (Wildman–Crippen LogP) is 3.33. The number of fused-ring (bicyclic) bond motifs is 5. The van der Waals surface area contributed by atoms with Crippen LogP contribution in [0.1, 0.15) is 31.4 Å². The van der Waals surface area contributed by atoms with E-state index >= 15 is 0 Å². The maximum atomic E-state index is 13.4. The molecule has 0 aliphatic carbocycles. The van der Waals surface area contributed by atoms with Gasteiger partial charge in [-0.15, -0.1) is 0 Å². The molecule has 3 heterocycles. The highest BCUT2D eigenvalue weighted by atomic mass is 79.9. The lowest BCUT2D eigenvalue weighted by Gasteiger charge is -2.45. The van der Waals surface area contributed by atoms with E-state index in [-0.39, 0.29) is 5.69 Å². The molecule has 166 valence electrons. The summed E-state index contributed by atoms with van der Waals surface area (Å²) in [5.74, 6) is -2.66. The summed E-state index contributed by atoms with van der Waals surface area (Å²) in [4.78, 5) is 29.8. The Labute approximate surface area is 186 Å². The maximum absolute atomic E-state index is 13.4. The SMILES string of the molecule is C[C@]12CN(CCCBr)C[C@@](C)(O1)[C@@H]1C(=O)N(c3ccc(C#N)c(C(F)(F)F)c3)C(=O)C12. The number of halogens is 4. The molecule has 0 saturated carbocycles. The van der Waals surface area contributed by atoms with Crippen LogP contribution in [0.3, 0.4) is 0 Å². The zero-order chi connectivity index (χ0) is 22.8. The molecule has 0 spiro atoms. The first-order valence-corrected chi connectivity index (χ1v) is 11.0. The number of likely N-dealkylation sites (tertiary alicyclic amines) is 1. The molecule has 1 aromatic rings. The summed E-state index contributed by atoms with van der Waals surface area (Å²) in [6.45, 7) is 5.31. The van der Waals surface area contributed by atoms with Crippen LogP contribution in [-0.2, 0) is 20.5 Å². The van der Waals surface area contributed by atoms with Crippen LogP contribution in [0.5, 0.6) is 0 Å². The van der Waals surface area contributed by atoms with Crippen molar-refractivity contribution in [3.8, 4) is 6.07 Å². The van der Waals surface area contributed by atoms with Gasteiger partial charge in [0.05, 0.1) is 45.9 Å². The number of morpholine rings is 1. The molecule has 1 unspecified atom stereocenters. The molecule has 10 heteroatoms. The third-order valence-electron chi connectivity index (χ3n) is 6.46. The number of ether oxygens (including phenoxy) is 1. The Morgan fingerprint density at radius 3 is 2.26 bits per heavy atom. The lowest BCUT2D eigenvalue weighted by molar-refractivity contribution is -0.169. The first-order valence-electron chi connectivity index (χ1n) is 9.93. The van der Waals surface area contributed by atoms with E-state index < -0.39 is 52.2 Å². The van der Waals surface area contributed by atoms with E-state index in [0.717, 1.165) is 29.3 Å². The number of amides is 2. The lowest BCUT2D eigenvalue weighted by Crippen LogP contribution is -2.58. The number of hydrogen-bond donors (Lipinski definition) is 0. The third-order valence-corrected chi connectivity index (χ3v) is 7.02. The van der Waals surface area contributed by atoms with Crippen molar-refractivity contribution in [2.75, 3.05) is 29.9 Å². The first-order chi connectivity index (χ1) is 14.4. The minimum atomic E-state index is -4.78. The Balaban J connectivity index is 1.72. The monoisotopic (exact) mass is 499 g/mol. The molecule has 3 aliphatic heterocycles. The Morgan fingerprint density at radius 1 is 1.19 bits per heavy atom. The molecule has 0 aromatic heterocycles. The van der Waals surface area contributed by atoms with Crippen molar-refractivity contribution in [3.63, 3.8) is 0 Å². The molecule has 3 fully saturated rings. The molecule has 2 amide bonds. The quantitative estimate of drug-likeness (QED) is 0.469. The predicted molar refractivity (Wildman–Crippen MR) is 108 cm³/mol. The van der Waals surface area contributed by atoms with Crippen LogP contribution in [0.4, 0.5) is 18.9 Å². The van der Waals surface area contributed by atoms with Gasteiger partial charge in [-0.25, -0.2) is 4.90 Å². The minimum Gasteiger partial charge on any atom is -0.365 e. The fourth-order valence-electron chi connectivity index (χ4n) is 5.46. The summed E-state index contributed by atoms with van der Waals surface area (Å²) in [6, 6.07) is 4.43. The average molecular weight is 500 g/mol. The molecular weight excluding hydrogens is 479 g/mol. The van der Waals surface area contributed by atoms with Gasteiger partial charge in [0, 0.05) is 18.4 Å². The van der Waals surface area contributed by atoms with Crippen LogP contribution >= 0.6 is 15.9 Å². The van der Waals surface area contributed by atoms with Crippen molar-refractivity contribution >= 4 is 33.4 Å². The summed E-state index contributed by atoms with van der Waals surface area (Å²) >= 11 is 3.41. The molecule has 3 aliphatic rings. The van der Waals surface area contributed by atoms with Gasteiger partial charge in [0.2, 0.25) is 11.8 Å². The number of alkyl halides is 4. The van der Waals surface area contributed by atoms with E-state index in [0.29, 0.717) is 19.2 Å². The molecule has 3 saturated heterocycles. The van der Waals surface area contributed by atoms with Crippen molar-refractivity contribution in [3.05, 3.63) is 29.3 Å². The number of nitriles is 1. The maximum Gasteiger partial charge on any atom is 0.417 e. The summed E-state index contributed by atoms with van der Waals surface area (Å²) in [6.07, 6.45) is -3.88. The normalized spacial score (nSPS) is 33.0. The van der Waals surface area contributed by atoms with E-state index in [1.54, 1.807) is 13.8 Å². The van der Waals surface area contributed by atoms with Crippen molar-refractivity contribution < 1.29 is 27.5 Å². The van der Waals surface area contributed by atoms with Crippen LogP contribution < -0.4 is 4.90 Å². The molecule has 1 aromatic carbocycles. The van der Waals surface area contributed by atoms with Crippen molar-refractivity contribution in [2.45, 2.75) is 37.6 Å². The van der Waals surface area contributed by atoms with Gasteiger partial charge < -0.3 is 4.74 Å². The number of imide groups is 1. The zero-order valence-corrected chi connectivity index (χ0v) is 18.6. The smallest absolute Gasteiger partial charge is 0.365 e. The minimum absolute atomic E-state index is 0.169. The zero-order valence-electron chi connectivity index (χ0n) is 17.0. The molecule has 0 radical (unpaired) electrons. The number of benzene rings is 1.